The summed E-state index contributed by atoms with van der Waals surface area (Å²) in [6.45, 7) is 2.01. The van der Waals surface area contributed by atoms with Crippen molar-refractivity contribution in [3.8, 4) is 0 Å². The van der Waals surface area contributed by atoms with Crippen molar-refractivity contribution in [2.45, 2.75) is 44.7 Å². The molecule has 1 aliphatic rings. The Labute approximate surface area is 177 Å². The number of urea groups is 1. The lowest BCUT2D eigenvalue weighted by molar-refractivity contribution is 0.238. The molecule has 7 nitrogen and oxygen atoms in total. The zero-order chi connectivity index (χ0) is 21.0. The first-order valence-electron chi connectivity index (χ1n) is 9.90. The standard InChI is InChI=1S/C21H29ClN6O/c1-14-13-23-20(26-19(14)27(2)3)24-16-7-9-17(10-8-16)25-21(29)28(4)18-11-5-15(22)6-12-18/h5-6,11-13,16-17H,7-10H2,1-4H3,(H,25,29)(H,23,24,26)/t16-,17+. The smallest absolute Gasteiger partial charge is 0.321 e. The maximum absolute atomic E-state index is 12.5. The van der Waals surface area contributed by atoms with Crippen LogP contribution in [0.15, 0.2) is 30.5 Å². The Morgan fingerprint density at radius 3 is 2.31 bits per heavy atom. The second-order valence-electron chi connectivity index (χ2n) is 7.77. The van der Waals surface area contributed by atoms with Crippen molar-refractivity contribution in [1.82, 2.24) is 15.3 Å². The molecule has 1 aliphatic carbocycles. The monoisotopic (exact) mass is 416 g/mol. The van der Waals surface area contributed by atoms with Crippen molar-refractivity contribution < 1.29 is 4.79 Å². The van der Waals surface area contributed by atoms with Crippen LogP contribution < -0.4 is 20.4 Å². The SMILES string of the molecule is Cc1cnc(N[C@H]2CC[C@@H](NC(=O)N(C)c3ccc(Cl)cc3)CC2)nc1N(C)C. The molecule has 0 unspecified atom stereocenters. The van der Waals surface area contributed by atoms with Crippen molar-refractivity contribution in [3.63, 3.8) is 0 Å². The van der Waals surface area contributed by atoms with Crippen LogP contribution in [0, 0.1) is 6.92 Å². The van der Waals surface area contributed by atoms with Crippen molar-refractivity contribution in [2.75, 3.05) is 36.3 Å². The molecule has 0 bridgehead atoms. The Kier molecular flexibility index (Phi) is 6.79. The van der Waals surface area contributed by atoms with E-state index in [9.17, 15) is 4.79 Å². The van der Waals surface area contributed by atoms with Gasteiger partial charge in [-0.3, -0.25) is 4.90 Å². The van der Waals surface area contributed by atoms with E-state index in [2.05, 4.69) is 20.6 Å². The summed E-state index contributed by atoms with van der Waals surface area (Å²) < 4.78 is 0. The van der Waals surface area contributed by atoms with Crippen molar-refractivity contribution in [1.29, 1.82) is 0 Å². The topological polar surface area (TPSA) is 73.4 Å². The average molecular weight is 417 g/mol. The van der Waals surface area contributed by atoms with E-state index in [1.807, 2.05) is 44.2 Å². The Morgan fingerprint density at radius 2 is 1.69 bits per heavy atom. The molecule has 2 N–H and O–H groups in total. The summed E-state index contributed by atoms with van der Waals surface area (Å²) >= 11 is 5.92. The van der Waals surface area contributed by atoms with Crippen molar-refractivity contribution in [3.05, 3.63) is 41.0 Å². The second-order valence-corrected chi connectivity index (χ2v) is 8.21. The molecule has 1 heterocycles. The van der Waals surface area contributed by atoms with Crippen LogP contribution >= 0.6 is 11.6 Å². The van der Waals surface area contributed by atoms with Crippen LogP contribution in [0.2, 0.25) is 5.02 Å². The summed E-state index contributed by atoms with van der Waals surface area (Å²) in [6.07, 6.45) is 5.62. The first-order valence-corrected chi connectivity index (χ1v) is 10.3. The molecular weight excluding hydrogens is 388 g/mol. The largest absolute Gasteiger partial charge is 0.362 e. The third-order valence-corrected chi connectivity index (χ3v) is 5.53. The van der Waals surface area contributed by atoms with Crippen LogP contribution in [0.5, 0.6) is 0 Å². The van der Waals surface area contributed by atoms with E-state index < -0.39 is 0 Å². The van der Waals surface area contributed by atoms with Gasteiger partial charge in [0.15, 0.2) is 0 Å². The van der Waals surface area contributed by atoms with Crippen LogP contribution in [-0.4, -0.2) is 49.2 Å². The van der Waals surface area contributed by atoms with Gasteiger partial charge in [0.05, 0.1) is 0 Å². The number of rotatable bonds is 5. The molecule has 3 rings (SSSR count). The predicted octanol–water partition coefficient (Wildman–Crippen LogP) is 4.07. The van der Waals surface area contributed by atoms with Crippen LogP contribution in [0.4, 0.5) is 22.2 Å². The number of hydrogen-bond donors (Lipinski definition) is 2. The van der Waals surface area contributed by atoms with Crippen LogP contribution in [0.25, 0.3) is 0 Å². The number of halogens is 1. The summed E-state index contributed by atoms with van der Waals surface area (Å²) in [5.74, 6) is 1.59. The molecule has 1 aromatic carbocycles. The normalized spacial score (nSPS) is 18.8. The lowest BCUT2D eigenvalue weighted by Gasteiger charge is -2.31. The number of amides is 2. The molecule has 1 aromatic heterocycles. The fourth-order valence-corrected chi connectivity index (χ4v) is 3.70. The number of aromatic nitrogens is 2. The zero-order valence-electron chi connectivity index (χ0n) is 17.4. The highest BCUT2D eigenvalue weighted by atomic mass is 35.5. The van der Waals surface area contributed by atoms with Gasteiger partial charge in [0, 0.05) is 55.7 Å². The number of carbonyl (C=O) groups excluding carboxylic acids is 1. The highest BCUT2D eigenvalue weighted by molar-refractivity contribution is 6.30. The third-order valence-electron chi connectivity index (χ3n) is 5.28. The molecule has 0 spiro atoms. The maximum Gasteiger partial charge on any atom is 0.321 e. The lowest BCUT2D eigenvalue weighted by Crippen LogP contribution is -2.45. The molecule has 2 amide bonds. The Hall–Kier alpha value is -2.54. The number of benzene rings is 1. The van der Waals surface area contributed by atoms with Gasteiger partial charge in [-0.15, -0.1) is 0 Å². The number of aryl methyl sites for hydroxylation is 1. The van der Waals surface area contributed by atoms with Gasteiger partial charge in [0.1, 0.15) is 5.82 Å². The molecule has 156 valence electrons. The highest BCUT2D eigenvalue weighted by Gasteiger charge is 2.24. The third kappa shape index (κ3) is 5.50. The van der Waals surface area contributed by atoms with E-state index >= 15 is 0 Å². The quantitative estimate of drug-likeness (QED) is 0.768. The fraction of sp³-hybridized carbons (Fsp3) is 0.476. The van der Waals surface area contributed by atoms with Gasteiger partial charge in [-0.1, -0.05) is 11.6 Å². The molecular formula is C21H29ClN6O. The second kappa shape index (κ2) is 9.31. The minimum Gasteiger partial charge on any atom is -0.362 e. The average Bonchev–Trinajstić information content (AvgIpc) is 2.70. The lowest BCUT2D eigenvalue weighted by atomic mass is 9.91. The van der Waals surface area contributed by atoms with Crippen LogP contribution in [0.1, 0.15) is 31.2 Å². The summed E-state index contributed by atoms with van der Waals surface area (Å²) in [7, 11) is 5.73. The maximum atomic E-state index is 12.5. The summed E-state index contributed by atoms with van der Waals surface area (Å²) in [6, 6.07) is 7.64. The van der Waals surface area contributed by atoms with E-state index in [4.69, 9.17) is 11.6 Å². The molecule has 1 fully saturated rings. The number of carbonyl (C=O) groups is 1. The molecule has 2 aromatic rings. The number of hydrogen-bond acceptors (Lipinski definition) is 5. The zero-order valence-corrected chi connectivity index (χ0v) is 18.2. The molecule has 29 heavy (non-hydrogen) atoms. The van der Waals surface area contributed by atoms with Gasteiger partial charge in [-0.2, -0.15) is 4.98 Å². The van der Waals surface area contributed by atoms with E-state index in [0.29, 0.717) is 17.0 Å². The number of nitrogens with zero attached hydrogens (tertiary/aromatic N) is 4. The highest BCUT2D eigenvalue weighted by Crippen LogP contribution is 2.23. The van der Waals surface area contributed by atoms with Crippen molar-refractivity contribution in [2.24, 2.45) is 0 Å². The molecule has 1 saturated carbocycles. The Balaban J connectivity index is 1.49. The summed E-state index contributed by atoms with van der Waals surface area (Å²) in [5.41, 5.74) is 1.87. The van der Waals surface area contributed by atoms with Gasteiger partial charge in [0.2, 0.25) is 5.95 Å². The minimum atomic E-state index is -0.0961. The van der Waals surface area contributed by atoms with Gasteiger partial charge in [0.25, 0.3) is 0 Å². The first kappa shape index (κ1) is 21.2. The van der Waals surface area contributed by atoms with E-state index in [0.717, 1.165) is 42.8 Å². The fourth-order valence-electron chi connectivity index (χ4n) is 3.57. The minimum absolute atomic E-state index is 0.0961. The van der Waals surface area contributed by atoms with E-state index in [1.54, 1.807) is 24.1 Å². The molecule has 0 atom stereocenters. The summed E-state index contributed by atoms with van der Waals surface area (Å²) in [5, 5.41) is 7.24. The van der Waals surface area contributed by atoms with Gasteiger partial charge in [-0.25, -0.2) is 9.78 Å². The van der Waals surface area contributed by atoms with Gasteiger partial charge < -0.3 is 15.5 Å². The van der Waals surface area contributed by atoms with Gasteiger partial charge >= 0.3 is 6.03 Å². The molecule has 8 heteroatoms. The van der Waals surface area contributed by atoms with E-state index in [-0.39, 0.29) is 12.1 Å². The summed E-state index contributed by atoms with van der Waals surface area (Å²) in [4.78, 5) is 25.2. The van der Waals surface area contributed by atoms with Crippen LogP contribution in [0.3, 0.4) is 0 Å². The Morgan fingerprint density at radius 1 is 1.07 bits per heavy atom. The van der Waals surface area contributed by atoms with Crippen molar-refractivity contribution >= 4 is 35.1 Å². The first-order chi connectivity index (χ1) is 13.8. The number of anilines is 3. The predicted molar refractivity (Wildman–Crippen MR) is 119 cm³/mol. The number of nitrogens with one attached hydrogen (secondary N) is 2. The van der Waals surface area contributed by atoms with Crippen LogP contribution in [-0.2, 0) is 0 Å². The van der Waals surface area contributed by atoms with E-state index in [1.165, 1.54) is 0 Å². The Bertz CT molecular complexity index is 834. The van der Waals surface area contributed by atoms with Gasteiger partial charge in [-0.05, 0) is 56.9 Å². The molecule has 0 aliphatic heterocycles. The molecule has 0 saturated heterocycles. The molecule has 0 radical (unpaired) electrons.